The predicted molar refractivity (Wildman–Crippen MR) is 127 cm³/mol. The lowest BCUT2D eigenvalue weighted by molar-refractivity contribution is -0.384. The van der Waals surface area contributed by atoms with E-state index in [1.165, 1.54) is 24.3 Å². The number of nitro groups is 1. The van der Waals surface area contributed by atoms with Crippen LogP contribution in [0.2, 0.25) is 0 Å². The van der Waals surface area contributed by atoms with Crippen LogP contribution in [0.5, 0.6) is 0 Å². The second-order valence-electron chi connectivity index (χ2n) is 7.63. The molecule has 35 heavy (non-hydrogen) atoms. The van der Waals surface area contributed by atoms with Crippen molar-refractivity contribution in [1.82, 2.24) is 9.78 Å². The second kappa shape index (κ2) is 9.74. The van der Waals surface area contributed by atoms with Crippen molar-refractivity contribution in [2.75, 3.05) is 13.2 Å². The zero-order valence-corrected chi connectivity index (χ0v) is 19.8. The molecule has 0 unspecified atom stereocenters. The van der Waals surface area contributed by atoms with Gasteiger partial charge in [-0.25, -0.2) is 9.59 Å². The molecule has 0 fully saturated rings. The van der Waals surface area contributed by atoms with Gasteiger partial charge in [0, 0.05) is 17.7 Å². The van der Waals surface area contributed by atoms with Gasteiger partial charge in [0.05, 0.1) is 45.0 Å². The van der Waals surface area contributed by atoms with Crippen molar-refractivity contribution in [3.05, 3.63) is 72.2 Å². The molecule has 1 aliphatic carbocycles. The number of carbonyl (C=O) groups excluding carboxylic acids is 2. The first-order valence-electron chi connectivity index (χ1n) is 10.9. The van der Waals surface area contributed by atoms with Gasteiger partial charge in [0.15, 0.2) is 0 Å². The number of non-ortho nitro benzene ring substituents is 1. The molecule has 12 heteroatoms. The molecule has 1 aliphatic heterocycles. The summed E-state index contributed by atoms with van der Waals surface area (Å²) in [5.74, 6) is -1.51. The highest BCUT2D eigenvalue weighted by atomic mass is 32.2. The van der Waals surface area contributed by atoms with Crippen LogP contribution in [0.15, 0.2) is 50.1 Å². The van der Waals surface area contributed by atoms with Gasteiger partial charge < -0.3 is 15.2 Å². The number of allylic oxidation sites excluding steroid dienone is 1. The zero-order valence-electron chi connectivity index (χ0n) is 19.0. The summed E-state index contributed by atoms with van der Waals surface area (Å²) in [6, 6.07) is 5.43. The molecular weight excluding hydrogens is 476 g/mol. The Labute approximate surface area is 203 Å². The molecule has 0 atom stereocenters. The molecule has 0 saturated carbocycles. The predicted octanol–water partition coefficient (Wildman–Crippen LogP) is 2.63. The first-order chi connectivity index (χ1) is 16.8. The molecule has 1 aromatic heterocycles. The van der Waals surface area contributed by atoms with Crippen LogP contribution in [0.3, 0.4) is 0 Å². The molecule has 0 bridgehead atoms. The third kappa shape index (κ3) is 4.32. The van der Waals surface area contributed by atoms with Gasteiger partial charge >= 0.3 is 11.9 Å². The number of aryl methyl sites for hydroxylation is 1. The molecule has 0 amide bonds. The molecule has 2 N–H and O–H groups in total. The molecule has 4 rings (SSSR count). The van der Waals surface area contributed by atoms with Crippen molar-refractivity contribution in [3.63, 3.8) is 0 Å². The summed E-state index contributed by atoms with van der Waals surface area (Å²) < 4.78 is 11.6. The van der Waals surface area contributed by atoms with Gasteiger partial charge in [-0.15, -0.1) is 0 Å². The Balaban J connectivity index is 1.99. The molecule has 1 aromatic carbocycles. The Morgan fingerprint density at radius 3 is 2.34 bits per heavy atom. The maximum atomic E-state index is 13.6. The SMILES string of the molecule is CCOC(=O)C1=C(N)Sc2c3c(nn(-c4ccc([N+](=O)[O-])cc4)c2=O)CCCC3=C1C(=O)OCC. The number of thioether (sulfide) groups is 1. The van der Waals surface area contributed by atoms with E-state index < -0.39 is 22.4 Å². The number of carbonyl (C=O) groups is 2. The Kier molecular flexibility index (Phi) is 6.74. The van der Waals surface area contributed by atoms with Crippen molar-refractivity contribution >= 4 is 35.0 Å². The van der Waals surface area contributed by atoms with E-state index in [-0.39, 0.29) is 40.0 Å². The van der Waals surface area contributed by atoms with E-state index in [4.69, 9.17) is 15.2 Å². The summed E-state index contributed by atoms with van der Waals surface area (Å²) in [6.07, 6.45) is 1.54. The van der Waals surface area contributed by atoms with Crippen molar-refractivity contribution in [2.24, 2.45) is 5.73 Å². The minimum atomic E-state index is -0.781. The lowest BCUT2D eigenvalue weighted by Gasteiger charge is -2.23. The van der Waals surface area contributed by atoms with E-state index in [2.05, 4.69) is 5.10 Å². The fourth-order valence-corrected chi connectivity index (χ4v) is 5.12. The van der Waals surface area contributed by atoms with Crippen LogP contribution in [0.25, 0.3) is 11.3 Å². The van der Waals surface area contributed by atoms with E-state index in [0.29, 0.717) is 41.8 Å². The maximum absolute atomic E-state index is 13.6. The topological polar surface area (TPSA) is 157 Å². The molecule has 0 saturated heterocycles. The Morgan fingerprint density at radius 2 is 1.74 bits per heavy atom. The van der Waals surface area contributed by atoms with Crippen molar-refractivity contribution in [1.29, 1.82) is 0 Å². The molecule has 0 spiro atoms. The number of esters is 2. The van der Waals surface area contributed by atoms with E-state index in [1.807, 2.05) is 0 Å². The fraction of sp³-hybridized carbons (Fsp3) is 0.304. The first kappa shape index (κ1) is 24.2. The maximum Gasteiger partial charge on any atom is 0.341 e. The summed E-state index contributed by atoms with van der Waals surface area (Å²) in [4.78, 5) is 50.2. The van der Waals surface area contributed by atoms with Gasteiger partial charge in [-0.1, -0.05) is 11.8 Å². The summed E-state index contributed by atoms with van der Waals surface area (Å²) >= 11 is 0.870. The van der Waals surface area contributed by atoms with Crippen LogP contribution in [-0.2, 0) is 25.5 Å². The van der Waals surface area contributed by atoms with Crippen LogP contribution < -0.4 is 11.3 Å². The van der Waals surface area contributed by atoms with E-state index in [1.54, 1.807) is 13.8 Å². The minimum absolute atomic E-state index is 0.00992. The number of aromatic nitrogens is 2. The number of hydrogen-bond donors (Lipinski definition) is 1. The van der Waals surface area contributed by atoms with E-state index >= 15 is 0 Å². The number of nitrogens with zero attached hydrogens (tertiary/aromatic N) is 3. The lowest BCUT2D eigenvalue weighted by Crippen LogP contribution is -2.28. The molecule has 0 radical (unpaired) electrons. The Hall–Kier alpha value is -3.93. The van der Waals surface area contributed by atoms with Crippen LogP contribution in [-0.4, -0.2) is 39.9 Å². The van der Waals surface area contributed by atoms with Crippen LogP contribution in [0.4, 0.5) is 5.69 Å². The zero-order chi connectivity index (χ0) is 25.3. The summed E-state index contributed by atoms with van der Waals surface area (Å²) in [6.45, 7) is 3.43. The molecule has 182 valence electrons. The molecule has 11 nitrogen and oxygen atoms in total. The van der Waals surface area contributed by atoms with Crippen molar-refractivity contribution < 1.29 is 24.0 Å². The highest BCUT2D eigenvalue weighted by molar-refractivity contribution is 8.03. The number of ether oxygens (including phenoxy) is 2. The van der Waals surface area contributed by atoms with Crippen LogP contribution in [0.1, 0.15) is 37.9 Å². The van der Waals surface area contributed by atoms with Gasteiger partial charge in [0.1, 0.15) is 5.57 Å². The fourth-order valence-electron chi connectivity index (χ4n) is 4.10. The molecule has 2 heterocycles. The highest BCUT2D eigenvalue weighted by Gasteiger charge is 2.37. The number of nitro benzene ring substituents is 1. The molecule has 2 aromatic rings. The highest BCUT2D eigenvalue weighted by Crippen LogP contribution is 2.44. The summed E-state index contributed by atoms with van der Waals surface area (Å²) in [5.41, 5.74) is 7.33. The normalized spacial score (nSPS) is 14.8. The smallest absolute Gasteiger partial charge is 0.341 e. The monoisotopic (exact) mass is 498 g/mol. The third-order valence-electron chi connectivity index (χ3n) is 5.54. The van der Waals surface area contributed by atoms with Gasteiger partial charge in [-0.3, -0.25) is 14.9 Å². The third-order valence-corrected chi connectivity index (χ3v) is 6.55. The van der Waals surface area contributed by atoms with Crippen molar-refractivity contribution in [3.8, 4) is 5.69 Å². The van der Waals surface area contributed by atoms with Crippen LogP contribution in [0, 0.1) is 10.1 Å². The van der Waals surface area contributed by atoms with Crippen molar-refractivity contribution in [2.45, 2.75) is 38.0 Å². The van der Waals surface area contributed by atoms with E-state index in [0.717, 1.165) is 16.4 Å². The largest absolute Gasteiger partial charge is 0.462 e. The standard InChI is InChI=1S/C23H22N4O7S/c1-3-33-22(29)17-14-6-5-7-15-16(14)19(35-20(24)18(17)23(30)34-4-2)21(28)26(25-15)12-8-10-13(11-9-12)27(31)32/h8-11H,3-7,24H2,1-2H3. The van der Waals surface area contributed by atoms with E-state index in [9.17, 15) is 24.5 Å². The Morgan fingerprint density at radius 1 is 1.11 bits per heavy atom. The van der Waals surface area contributed by atoms with Gasteiger partial charge in [0.25, 0.3) is 11.2 Å². The van der Waals surface area contributed by atoms with Gasteiger partial charge in [0.2, 0.25) is 0 Å². The lowest BCUT2D eigenvalue weighted by atomic mass is 9.85. The molecule has 2 aliphatic rings. The van der Waals surface area contributed by atoms with Gasteiger partial charge in [-0.2, -0.15) is 9.78 Å². The summed E-state index contributed by atoms with van der Waals surface area (Å²) in [7, 11) is 0. The number of hydrogen-bond acceptors (Lipinski definition) is 10. The number of nitrogens with two attached hydrogens (primary N) is 1. The molecular formula is C23H22N4O7S. The van der Waals surface area contributed by atoms with Gasteiger partial charge in [-0.05, 0) is 50.8 Å². The average Bonchev–Trinajstić information content (AvgIpc) is 2.97. The van der Waals surface area contributed by atoms with Crippen LogP contribution >= 0.6 is 11.8 Å². The number of rotatable bonds is 6. The average molecular weight is 499 g/mol. The second-order valence-corrected chi connectivity index (χ2v) is 8.68. The number of benzene rings is 1. The first-order valence-corrected chi connectivity index (χ1v) is 11.8. The quantitative estimate of drug-likeness (QED) is 0.357. The minimum Gasteiger partial charge on any atom is -0.462 e. The summed E-state index contributed by atoms with van der Waals surface area (Å²) in [5, 5.41) is 15.5. The Bertz CT molecular complexity index is 1360.